The smallest absolute Gasteiger partial charge is 0.223 e. The highest BCUT2D eigenvalue weighted by Gasteiger charge is 2.36. The lowest BCUT2D eigenvalue weighted by atomic mass is 9.74. The van der Waals surface area contributed by atoms with Crippen LogP contribution in [-0.2, 0) is 6.54 Å². The van der Waals surface area contributed by atoms with Gasteiger partial charge in [0.1, 0.15) is 6.54 Å². The SMILES string of the molecule is CCNC(=NCc1noc(C)n1)N1CCCC2(CCCCCC2)C1. The van der Waals surface area contributed by atoms with Gasteiger partial charge in [-0.05, 0) is 38.0 Å². The summed E-state index contributed by atoms with van der Waals surface area (Å²) in [5.41, 5.74) is 0.508. The van der Waals surface area contributed by atoms with E-state index in [1.807, 2.05) is 6.92 Å². The Balaban J connectivity index is 1.69. The minimum atomic E-state index is 0.475. The molecule has 3 rings (SSSR count). The number of nitrogens with zero attached hydrogens (tertiary/aromatic N) is 4. The zero-order chi connectivity index (χ0) is 16.8. The molecule has 0 aromatic carbocycles. The van der Waals surface area contributed by atoms with E-state index >= 15 is 0 Å². The summed E-state index contributed by atoms with van der Waals surface area (Å²) in [4.78, 5) is 11.5. The van der Waals surface area contributed by atoms with Crippen molar-refractivity contribution in [3.05, 3.63) is 11.7 Å². The molecule has 0 bridgehead atoms. The Morgan fingerprint density at radius 2 is 1.96 bits per heavy atom. The first-order valence-electron chi connectivity index (χ1n) is 9.53. The summed E-state index contributed by atoms with van der Waals surface area (Å²) in [5.74, 6) is 2.26. The van der Waals surface area contributed by atoms with Gasteiger partial charge in [-0.1, -0.05) is 30.8 Å². The summed E-state index contributed by atoms with van der Waals surface area (Å²) >= 11 is 0. The minimum Gasteiger partial charge on any atom is -0.357 e. The number of hydrogen-bond donors (Lipinski definition) is 1. The van der Waals surface area contributed by atoms with Gasteiger partial charge in [0, 0.05) is 26.6 Å². The zero-order valence-corrected chi connectivity index (χ0v) is 15.2. The van der Waals surface area contributed by atoms with Crippen LogP contribution in [-0.4, -0.2) is 40.6 Å². The van der Waals surface area contributed by atoms with Crippen LogP contribution in [0.15, 0.2) is 9.52 Å². The predicted molar refractivity (Wildman–Crippen MR) is 94.8 cm³/mol. The molecule has 0 atom stereocenters. The maximum absolute atomic E-state index is 5.04. The van der Waals surface area contributed by atoms with Gasteiger partial charge < -0.3 is 14.7 Å². The molecule has 0 amide bonds. The van der Waals surface area contributed by atoms with Crippen molar-refractivity contribution < 1.29 is 4.52 Å². The van der Waals surface area contributed by atoms with Gasteiger partial charge in [-0.25, -0.2) is 4.99 Å². The maximum Gasteiger partial charge on any atom is 0.223 e. The lowest BCUT2D eigenvalue weighted by Crippen LogP contribution is -2.50. The van der Waals surface area contributed by atoms with E-state index in [1.54, 1.807) is 0 Å². The highest BCUT2D eigenvalue weighted by Crippen LogP contribution is 2.42. The maximum atomic E-state index is 5.04. The Morgan fingerprint density at radius 1 is 1.21 bits per heavy atom. The number of hydrogen-bond acceptors (Lipinski definition) is 4. The monoisotopic (exact) mass is 333 g/mol. The van der Waals surface area contributed by atoms with Crippen molar-refractivity contribution in [2.24, 2.45) is 10.4 Å². The Labute approximate surface area is 145 Å². The molecular weight excluding hydrogens is 302 g/mol. The van der Waals surface area contributed by atoms with Crippen LogP contribution in [0.1, 0.15) is 70.0 Å². The summed E-state index contributed by atoms with van der Waals surface area (Å²) in [6.45, 7) is 7.53. The molecule has 1 saturated heterocycles. The van der Waals surface area contributed by atoms with Crippen molar-refractivity contribution in [1.29, 1.82) is 0 Å². The normalized spacial score (nSPS) is 21.8. The van der Waals surface area contributed by atoms with E-state index in [0.29, 0.717) is 23.7 Å². The molecule has 2 fully saturated rings. The molecule has 1 saturated carbocycles. The third-order valence-corrected chi connectivity index (χ3v) is 5.40. The number of aryl methyl sites for hydroxylation is 1. The summed E-state index contributed by atoms with van der Waals surface area (Å²) in [5, 5.41) is 7.41. The Hall–Kier alpha value is -1.59. The average molecular weight is 333 g/mol. The molecule has 1 aromatic heterocycles. The fraction of sp³-hybridized carbons (Fsp3) is 0.833. The third-order valence-electron chi connectivity index (χ3n) is 5.40. The van der Waals surface area contributed by atoms with E-state index in [9.17, 15) is 0 Å². The molecule has 1 aliphatic heterocycles. The Kier molecular flexibility index (Phi) is 5.74. The largest absolute Gasteiger partial charge is 0.357 e. The van der Waals surface area contributed by atoms with Crippen LogP contribution in [0.4, 0.5) is 0 Å². The second-order valence-electron chi connectivity index (χ2n) is 7.34. The standard InChI is InChI=1S/C18H31N5O/c1-3-19-17(20-13-16-21-15(2)24-22-16)23-12-8-11-18(14-23)9-6-4-5-7-10-18/h3-14H2,1-2H3,(H,19,20). The summed E-state index contributed by atoms with van der Waals surface area (Å²) in [7, 11) is 0. The van der Waals surface area contributed by atoms with E-state index in [1.165, 1.54) is 51.4 Å². The molecule has 1 spiro atoms. The second-order valence-corrected chi connectivity index (χ2v) is 7.34. The van der Waals surface area contributed by atoms with Gasteiger partial charge in [-0.3, -0.25) is 0 Å². The summed E-state index contributed by atoms with van der Waals surface area (Å²) in [6, 6.07) is 0. The molecule has 134 valence electrons. The van der Waals surface area contributed by atoms with E-state index in [4.69, 9.17) is 9.52 Å². The number of rotatable bonds is 3. The predicted octanol–water partition coefficient (Wildman–Crippen LogP) is 3.28. The molecule has 2 heterocycles. The molecule has 1 aliphatic carbocycles. The van der Waals surface area contributed by atoms with Gasteiger partial charge >= 0.3 is 0 Å². The molecule has 2 aliphatic rings. The van der Waals surface area contributed by atoms with Crippen LogP contribution in [0.25, 0.3) is 0 Å². The van der Waals surface area contributed by atoms with E-state index in [2.05, 4.69) is 27.3 Å². The van der Waals surface area contributed by atoms with E-state index in [0.717, 1.165) is 25.6 Å². The van der Waals surface area contributed by atoms with Gasteiger partial charge in [-0.2, -0.15) is 4.98 Å². The van der Waals surface area contributed by atoms with Gasteiger partial charge in [0.05, 0.1) is 0 Å². The molecular formula is C18H31N5O. The molecule has 0 radical (unpaired) electrons. The zero-order valence-electron chi connectivity index (χ0n) is 15.2. The van der Waals surface area contributed by atoms with Crippen molar-refractivity contribution in [1.82, 2.24) is 20.4 Å². The Morgan fingerprint density at radius 3 is 2.62 bits per heavy atom. The molecule has 6 heteroatoms. The van der Waals surface area contributed by atoms with Crippen molar-refractivity contribution in [2.45, 2.75) is 71.8 Å². The fourth-order valence-corrected chi connectivity index (χ4v) is 4.25. The molecule has 0 unspecified atom stereocenters. The van der Waals surface area contributed by atoms with Gasteiger partial charge in [0.15, 0.2) is 11.8 Å². The quantitative estimate of drug-likeness (QED) is 0.679. The van der Waals surface area contributed by atoms with Gasteiger partial charge in [-0.15, -0.1) is 0 Å². The van der Waals surface area contributed by atoms with Crippen molar-refractivity contribution >= 4 is 5.96 Å². The van der Waals surface area contributed by atoms with Crippen LogP contribution in [0.2, 0.25) is 0 Å². The highest BCUT2D eigenvalue weighted by molar-refractivity contribution is 5.80. The van der Waals surface area contributed by atoms with E-state index < -0.39 is 0 Å². The van der Waals surface area contributed by atoms with Crippen LogP contribution in [0.3, 0.4) is 0 Å². The first-order chi connectivity index (χ1) is 11.7. The second kappa shape index (κ2) is 7.99. The molecule has 1 aromatic rings. The average Bonchev–Trinajstić information content (AvgIpc) is 2.87. The van der Waals surface area contributed by atoms with Crippen molar-refractivity contribution in [3.8, 4) is 0 Å². The van der Waals surface area contributed by atoms with Crippen LogP contribution in [0, 0.1) is 12.3 Å². The van der Waals surface area contributed by atoms with Gasteiger partial charge in [0.2, 0.25) is 5.89 Å². The van der Waals surface area contributed by atoms with Crippen molar-refractivity contribution in [3.63, 3.8) is 0 Å². The first kappa shape index (κ1) is 17.2. The minimum absolute atomic E-state index is 0.475. The first-order valence-corrected chi connectivity index (χ1v) is 9.53. The molecule has 1 N–H and O–H groups in total. The topological polar surface area (TPSA) is 66.5 Å². The van der Waals surface area contributed by atoms with Crippen LogP contribution >= 0.6 is 0 Å². The summed E-state index contributed by atoms with van der Waals surface area (Å²) in [6.07, 6.45) is 11.0. The lowest BCUT2D eigenvalue weighted by Gasteiger charge is -2.44. The van der Waals surface area contributed by atoms with Gasteiger partial charge in [0.25, 0.3) is 0 Å². The van der Waals surface area contributed by atoms with Crippen LogP contribution < -0.4 is 5.32 Å². The highest BCUT2D eigenvalue weighted by atomic mass is 16.5. The number of guanidine groups is 1. The number of aromatic nitrogens is 2. The molecule has 24 heavy (non-hydrogen) atoms. The number of nitrogens with one attached hydrogen (secondary N) is 1. The third kappa shape index (κ3) is 4.28. The summed E-state index contributed by atoms with van der Waals surface area (Å²) < 4.78 is 5.04. The number of aliphatic imine (C=N–C) groups is 1. The Bertz CT molecular complexity index is 545. The lowest BCUT2D eigenvalue weighted by molar-refractivity contribution is 0.115. The molecule has 6 nitrogen and oxygen atoms in total. The fourth-order valence-electron chi connectivity index (χ4n) is 4.25. The van der Waals surface area contributed by atoms with E-state index in [-0.39, 0.29) is 0 Å². The number of likely N-dealkylation sites (tertiary alicyclic amines) is 1. The van der Waals surface area contributed by atoms with Crippen molar-refractivity contribution in [2.75, 3.05) is 19.6 Å². The van der Waals surface area contributed by atoms with Crippen LogP contribution in [0.5, 0.6) is 0 Å². The number of piperidine rings is 1.